The SMILES string of the molecule is NCCCCCN1CCCN(C(=O)N2CCOCC2)CC1. The zero-order chi connectivity index (χ0) is 14.9. The van der Waals surface area contributed by atoms with Gasteiger partial charge in [-0.3, -0.25) is 0 Å². The number of morpholine rings is 1. The molecule has 6 nitrogen and oxygen atoms in total. The van der Waals surface area contributed by atoms with E-state index in [2.05, 4.69) is 4.90 Å². The van der Waals surface area contributed by atoms with Gasteiger partial charge in [0, 0.05) is 32.7 Å². The van der Waals surface area contributed by atoms with Crippen LogP contribution >= 0.6 is 0 Å². The van der Waals surface area contributed by atoms with Crippen LogP contribution < -0.4 is 5.73 Å². The van der Waals surface area contributed by atoms with Crippen LogP contribution in [0.3, 0.4) is 0 Å². The lowest BCUT2D eigenvalue weighted by molar-refractivity contribution is 0.0436. The average Bonchev–Trinajstić information content (AvgIpc) is 2.77. The van der Waals surface area contributed by atoms with Gasteiger partial charge in [-0.2, -0.15) is 0 Å². The van der Waals surface area contributed by atoms with E-state index in [9.17, 15) is 4.79 Å². The number of nitrogens with zero attached hydrogens (tertiary/aromatic N) is 3. The Morgan fingerprint density at radius 2 is 1.67 bits per heavy atom. The maximum Gasteiger partial charge on any atom is 0.320 e. The third kappa shape index (κ3) is 5.45. The summed E-state index contributed by atoms with van der Waals surface area (Å²) in [5, 5.41) is 0. The first-order valence-corrected chi connectivity index (χ1v) is 8.35. The van der Waals surface area contributed by atoms with Crippen molar-refractivity contribution in [3.8, 4) is 0 Å². The Labute approximate surface area is 128 Å². The van der Waals surface area contributed by atoms with Crippen molar-refractivity contribution in [3.63, 3.8) is 0 Å². The van der Waals surface area contributed by atoms with Crippen LogP contribution in [0.2, 0.25) is 0 Å². The molecule has 2 rings (SSSR count). The summed E-state index contributed by atoms with van der Waals surface area (Å²) in [7, 11) is 0. The molecule has 0 aliphatic carbocycles. The normalized spacial score (nSPS) is 21.4. The summed E-state index contributed by atoms with van der Waals surface area (Å²) in [5.74, 6) is 0. The highest BCUT2D eigenvalue weighted by Gasteiger charge is 2.24. The molecule has 2 aliphatic rings. The second kappa shape index (κ2) is 9.23. The van der Waals surface area contributed by atoms with Gasteiger partial charge in [0.15, 0.2) is 0 Å². The number of urea groups is 1. The predicted molar refractivity (Wildman–Crippen MR) is 83.3 cm³/mol. The van der Waals surface area contributed by atoms with Gasteiger partial charge in [0.1, 0.15) is 0 Å². The lowest BCUT2D eigenvalue weighted by Crippen LogP contribution is -2.49. The predicted octanol–water partition coefficient (Wildman–Crippen LogP) is 0.575. The molecule has 6 heteroatoms. The Kier molecular flexibility index (Phi) is 7.26. The molecule has 2 amide bonds. The van der Waals surface area contributed by atoms with Crippen LogP contribution in [0.25, 0.3) is 0 Å². The van der Waals surface area contributed by atoms with Crippen LogP contribution in [-0.2, 0) is 4.74 Å². The van der Waals surface area contributed by atoms with E-state index in [1.54, 1.807) is 0 Å². The molecular weight excluding hydrogens is 268 g/mol. The van der Waals surface area contributed by atoms with E-state index in [4.69, 9.17) is 10.5 Å². The molecular formula is C15H30N4O2. The summed E-state index contributed by atoms with van der Waals surface area (Å²) < 4.78 is 5.31. The molecule has 0 saturated carbocycles. The minimum atomic E-state index is 0.197. The first kappa shape index (κ1) is 16.5. The van der Waals surface area contributed by atoms with Gasteiger partial charge in [0.2, 0.25) is 0 Å². The second-order valence-electron chi connectivity index (χ2n) is 5.91. The lowest BCUT2D eigenvalue weighted by atomic mass is 10.2. The van der Waals surface area contributed by atoms with Gasteiger partial charge < -0.3 is 25.2 Å². The third-order valence-corrected chi connectivity index (χ3v) is 4.32. The minimum absolute atomic E-state index is 0.197. The van der Waals surface area contributed by atoms with Crippen molar-refractivity contribution in [1.82, 2.24) is 14.7 Å². The first-order chi connectivity index (χ1) is 10.3. The van der Waals surface area contributed by atoms with Crippen LogP contribution in [0, 0.1) is 0 Å². The summed E-state index contributed by atoms with van der Waals surface area (Å²) in [6.45, 7) is 8.59. The van der Waals surface area contributed by atoms with Gasteiger partial charge in [-0.15, -0.1) is 0 Å². The number of nitrogens with two attached hydrogens (primary N) is 1. The van der Waals surface area contributed by atoms with Crippen LogP contribution in [0.15, 0.2) is 0 Å². The minimum Gasteiger partial charge on any atom is -0.378 e. The largest absolute Gasteiger partial charge is 0.378 e. The topological polar surface area (TPSA) is 62.0 Å². The summed E-state index contributed by atoms with van der Waals surface area (Å²) in [6.07, 6.45) is 4.63. The summed E-state index contributed by atoms with van der Waals surface area (Å²) >= 11 is 0. The molecule has 0 spiro atoms. The van der Waals surface area contributed by atoms with Gasteiger partial charge in [-0.05, 0) is 38.9 Å². The molecule has 2 fully saturated rings. The van der Waals surface area contributed by atoms with E-state index in [1.165, 1.54) is 12.8 Å². The molecule has 0 aromatic rings. The average molecular weight is 298 g/mol. The van der Waals surface area contributed by atoms with E-state index >= 15 is 0 Å². The molecule has 0 aromatic heterocycles. The molecule has 2 aliphatic heterocycles. The maximum absolute atomic E-state index is 12.5. The summed E-state index contributed by atoms with van der Waals surface area (Å²) in [5.41, 5.74) is 5.52. The Balaban J connectivity index is 1.71. The standard InChI is InChI=1S/C15H30N4O2/c16-5-2-1-3-6-17-7-4-8-18(10-9-17)15(20)19-11-13-21-14-12-19/h1-14,16H2. The highest BCUT2D eigenvalue weighted by atomic mass is 16.5. The van der Waals surface area contributed by atoms with Gasteiger partial charge >= 0.3 is 6.03 Å². The lowest BCUT2D eigenvalue weighted by Gasteiger charge is -2.32. The van der Waals surface area contributed by atoms with Crippen molar-refractivity contribution in [3.05, 3.63) is 0 Å². The molecule has 21 heavy (non-hydrogen) atoms. The zero-order valence-corrected chi connectivity index (χ0v) is 13.1. The molecule has 0 bridgehead atoms. The van der Waals surface area contributed by atoms with Crippen molar-refractivity contribution in [2.75, 3.05) is 65.6 Å². The van der Waals surface area contributed by atoms with E-state index in [1.807, 2.05) is 9.80 Å². The Bertz CT molecular complexity index is 308. The smallest absolute Gasteiger partial charge is 0.320 e. The van der Waals surface area contributed by atoms with Crippen molar-refractivity contribution < 1.29 is 9.53 Å². The van der Waals surface area contributed by atoms with E-state index < -0.39 is 0 Å². The number of carbonyl (C=O) groups excluding carboxylic acids is 1. The third-order valence-electron chi connectivity index (χ3n) is 4.32. The molecule has 0 radical (unpaired) electrons. The van der Waals surface area contributed by atoms with Gasteiger partial charge in [-0.25, -0.2) is 4.79 Å². The second-order valence-corrected chi connectivity index (χ2v) is 5.91. The molecule has 2 N–H and O–H groups in total. The van der Waals surface area contributed by atoms with E-state index in [0.29, 0.717) is 13.2 Å². The Morgan fingerprint density at radius 1 is 0.905 bits per heavy atom. The highest BCUT2D eigenvalue weighted by Crippen LogP contribution is 2.09. The van der Waals surface area contributed by atoms with Crippen molar-refractivity contribution in [2.24, 2.45) is 5.73 Å². The number of rotatable bonds is 5. The van der Waals surface area contributed by atoms with Crippen molar-refractivity contribution in [2.45, 2.75) is 25.7 Å². The van der Waals surface area contributed by atoms with E-state index in [0.717, 1.165) is 65.2 Å². The molecule has 0 atom stereocenters. The van der Waals surface area contributed by atoms with Crippen molar-refractivity contribution >= 4 is 6.03 Å². The number of amides is 2. The first-order valence-electron chi connectivity index (χ1n) is 8.35. The number of carbonyl (C=O) groups is 1. The monoisotopic (exact) mass is 298 g/mol. The van der Waals surface area contributed by atoms with Gasteiger partial charge in [0.25, 0.3) is 0 Å². The molecule has 2 heterocycles. The maximum atomic E-state index is 12.5. The fourth-order valence-electron chi connectivity index (χ4n) is 3.00. The van der Waals surface area contributed by atoms with Crippen LogP contribution in [0.5, 0.6) is 0 Å². The highest BCUT2D eigenvalue weighted by molar-refractivity contribution is 5.74. The molecule has 0 aromatic carbocycles. The number of unbranched alkanes of at least 4 members (excludes halogenated alkanes) is 2. The van der Waals surface area contributed by atoms with E-state index in [-0.39, 0.29) is 6.03 Å². The number of ether oxygens (including phenoxy) is 1. The van der Waals surface area contributed by atoms with Crippen LogP contribution in [0.4, 0.5) is 4.79 Å². The number of hydrogen-bond acceptors (Lipinski definition) is 4. The van der Waals surface area contributed by atoms with Crippen LogP contribution in [-0.4, -0.2) is 86.3 Å². The van der Waals surface area contributed by atoms with Crippen LogP contribution in [0.1, 0.15) is 25.7 Å². The van der Waals surface area contributed by atoms with Crippen molar-refractivity contribution in [1.29, 1.82) is 0 Å². The van der Waals surface area contributed by atoms with Gasteiger partial charge in [-0.1, -0.05) is 6.42 Å². The van der Waals surface area contributed by atoms with Gasteiger partial charge in [0.05, 0.1) is 13.2 Å². The summed E-state index contributed by atoms with van der Waals surface area (Å²) in [4.78, 5) is 18.9. The Morgan fingerprint density at radius 3 is 2.43 bits per heavy atom. The fraction of sp³-hybridized carbons (Fsp3) is 0.933. The summed E-state index contributed by atoms with van der Waals surface area (Å²) in [6, 6.07) is 0.197. The molecule has 2 saturated heterocycles. The quantitative estimate of drug-likeness (QED) is 0.754. The number of hydrogen-bond donors (Lipinski definition) is 1. The fourth-order valence-corrected chi connectivity index (χ4v) is 3.00. The zero-order valence-electron chi connectivity index (χ0n) is 13.1. The molecule has 0 unspecified atom stereocenters. The molecule has 122 valence electrons. The Hall–Kier alpha value is -0.850.